The fraction of sp³-hybridized carbons (Fsp3) is 0.250. The summed E-state index contributed by atoms with van der Waals surface area (Å²) in [6.45, 7) is 2.67. The number of H-pyrrole nitrogens is 2. The van der Waals surface area contributed by atoms with Gasteiger partial charge in [0.05, 0.1) is 6.20 Å². The summed E-state index contributed by atoms with van der Waals surface area (Å²) in [4.78, 5) is 15.2. The van der Waals surface area contributed by atoms with Crippen LogP contribution in [-0.2, 0) is 6.42 Å². The smallest absolute Gasteiger partial charge is 0.251 e. The van der Waals surface area contributed by atoms with E-state index in [-0.39, 0.29) is 5.91 Å². The first-order valence-electron chi connectivity index (χ1n) is 7.08. The summed E-state index contributed by atoms with van der Waals surface area (Å²) in [6, 6.07) is 7.64. The molecule has 1 aromatic carbocycles. The molecule has 5 heteroatoms. The van der Waals surface area contributed by atoms with Gasteiger partial charge >= 0.3 is 0 Å². The molecular formula is C16H18N4O. The number of carbonyl (C=O) groups is 1. The Hall–Kier alpha value is -2.56. The molecule has 108 valence electrons. The molecule has 0 radical (unpaired) electrons. The van der Waals surface area contributed by atoms with Crippen molar-refractivity contribution in [1.29, 1.82) is 0 Å². The number of nitrogens with one attached hydrogen (secondary N) is 3. The lowest BCUT2D eigenvalue weighted by atomic mass is 10.1. The molecule has 0 atom stereocenters. The summed E-state index contributed by atoms with van der Waals surface area (Å²) in [7, 11) is 0. The largest absolute Gasteiger partial charge is 0.361 e. The minimum atomic E-state index is -0.0259. The van der Waals surface area contributed by atoms with Gasteiger partial charge in [0.25, 0.3) is 5.91 Å². The van der Waals surface area contributed by atoms with Crippen LogP contribution in [0, 0.1) is 6.92 Å². The molecule has 0 unspecified atom stereocenters. The molecule has 0 aliphatic rings. The molecule has 2 heterocycles. The predicted octanol–water partition coefficient (Wildman–Crippen LogP) is 2.56. The van der Waals surface area contributed by atoms with Crippen LogP contribution in [0.15, 0.2) is 36.7 Å². The highest BCUT2D eigenvalue weighted by Gasteiger charge is 2.06. The van der Waals surface area contributed by atoms with Crippen LogP contribution < -0.4 is 5.32 Å². The number of carbonyl (C=O) groups excluding carboxylic acids is 1. The zero-order valence-corrected chi connectivity index (χ0v) is 11.9. The number of aryl methyl sites for hydroxylation is 2. The van der Waals surface area contributed by atoms with Gasteiger partial charge in [-0.25, -0.2) is 0 Å². The van der Waals surface area contributed by atoms with Gasteiger partial charge in [-0.15, -0.1) is 0 Å². The fourth-order valence-electron chi connectivity index (χ4n) is 2.41. The molecule has 3 N–H and O–H groups in total. The number of fused-ring (bicyclic) bond motifs is 1. The maximum atomic E-state index is 12.1. The second-order valence-corrected chi connectivity index (χ2v) is 5.16. The molecule has 2 aromatic heterocycles. The summed E-state index contributed by atoms with van der Waals surface area (Å²) in [5.74, 6) is -0.0259. The minimum absolute atomic E-state index is 0.0259. The van der Waals surface area contributed by atoms with Crippen molar-refractivity contribution >= 4 is 16.8 Å². The van der Waals surface area contributed by atoms with E-state index < -0.39 is 0 Å². The minimum Gasteiger partial charge on any atom is -0.361 e. The van der Waals surface area contributed by atoms with Gasteiger partial charge < -0.3 is 10.3 Å². The van der Waals surface area contributed by atoms with Crippen molar-refractivity contribution in [3.05, 3.63) is 53.5 Å². The van der Waals surface area contributed by atoms with Crippen molar-refractivity contribution in [2.45, 2.75) is 19.8 Å². The second kappa shape index (κ2) is 5.83. The highest BCUT2D eigenvalue weighted by Crippen LogP contribution is 2.14. The average molecular weight is 282 g/mol. The third kappa shape index (κ3) is 2.97. The van der Waals surface area contributed by atoms with Gasteiger partial charge in [-0.05, 0) is 49.6 Å². The molecule has 3 aromatic rings. The predicted molar refractivity (Wildman–Crippen MR) is 82.3 cm³/mol. The lowest BCUT2D eigenvalue weighted by Crippen LogP contribution is -2.24. The highest BCUT2D eigenvalue weighted by molar-refractivity contribution is 5.98. The van der Waals surface area contributed by atoms with E-state index in [1.165, 1.54) is 5.56 Å². The number of aromatic amines is 2. The van der Waals surface area contributed by atoms with Crippen LogP contribution in [0.1, 0.15) is 28.0 Å². The Morgan fingerprint density at radius 3 is 3.05 bits per heavy atom. The Bertz CT molecular complexity index is 756. The van der Waals surface area contributed by atoms with E-state index in [1.54, 1.807) is 0 Å². The first-order chi connectivity index (χ1) is 10.2. The first kappa shape index (κ1) is 13.4. The molecule has 0 spiro atoms. The van der Waals surface area contributed by atoms with Crippen molar-refractivity contribution < 1.29 is 4.79 Å². The maximum absolute atomic E-state index is 12.1. The van der Waals surface area contributed by atoms with E-state index in [1.807, 2.05) is 43.6 Å². The lowest BCUT2D eigenvalue weighted by molar-refractivity contribution is 0.0953. The van der Waals surface area contributed by atoms with Crippen LogP contribution in [-0.4, -0.2) is 27.6 Å². The van der Waals surface area contributed by atoms with Gasteiger partial charge in [0.15, 0.2) is 0 Å². The zero-order valence-electron chi connectivity index (χ0n) is 11.9. The average Bonchev–Trinajstić information content (AvgIpc) is 3.11. The molecule has 1 amide bonds. The number of benzene rings is 1. The topological polar surface area (TPSA) is 73.6 Å². The van der Waals surface area contributed by atoms with E-state index in [4.69, 9.17) is 0 Å². The number of nitrogens with zero attached hydrogens (tertiary/aromatic N) is 1. The summed E-state index contributed by atoms with van der Waals surface area (Å²) in [6.07, 6.45) is 5.54. The highest BCUT2D eigenvalue weighted by atomic mass is 16.1. The fourth-order valence-corrected chi connectivity index (χ4v) is 2.41. The van der Waals surface area contributed by atoms with Gasteiger partial charge in [0, 0.05) is 34.9 Å². The standard InChI is InChI=1S/C16H18N4O/c1-11-14(10-19-20-11)3-2-7-18-16(21)13-4-5-15-12(9-13)6-8-17-15/h4-6,8-10,17H,2-3,7H2,1H3,(H,18,21)(H,19,20). The van der Waals surface area contributed by atoms with Gasteiger partial charge in [0.1, 0.15) is 0 Å². The van der Waals surface area contributed by atoms with Crippen molar-refractivity contribution in [2.24, 2.45) is 0 Å². The van der Waals surface area contributed by atoms with Gasteiger partial charge in [-0.2, -0.15) is 5.10 Å². The summed E-state index contributed by atoms with van der Waals surface area (Å²) >= 11 is 0. The molecule has 3 rings (SSSR count). The summed E-state index contributed by atoms with van der Waals surface area (Å²) in [5, 5.41) is 10.9. The Kier molecular flexibility index (Phi) is 3.73. The molecule has 0 saturated heterocycles. The molecule has 5 nitrogen and oxygen atoms in total. The quantitative estimate of drug-likeness (QED) is 0.629. The molecule has 0 bridgehead atoms. The van der Waals surface area contributed by atoms with E-state index in [2.05, 4.69) is 20.5 Å². The molecular weight excluding hydrogens is 264 g/mol. The molecule has 0 saturated carbocycles. The van der Waals surface area contributed by atoms with Crippen LogP contribution in [0.25, 0.3) is 10.9 Å². The number of aromatic nitrogens is 3. The third-order valence-electron chi connectivity index (χ3n) is 3.66. The van der Waals surface area contributed by atoms with Gasteiger partial charge in [0.2, 0.25) is 0 Å². The van der Waals surface area contributed by atoms with Crippen LogP contribution >= 0.6 is 0 Å². The molecule has 0 fully saturated rings. The van der Waals surface area contributed by atoms with E-state index in [0.29, 0.717) is 12.1 Å². The van der Waals surface area contributed by atoms with Crippen molar-refractivity contribution in [3.63, 3.8) is 0 Å². The second-order valence-electron chi connectivity index (χ2n) is 5.16. The van der Waals surface area contributed by atoms with Crippen LogP contribution in [0.5, 0.6) is 0 Å². The number of rotatable bonds is 5. The first-order valence-corrected chi connectivity index (χ1v) is 7.08. The third-order valence-corrected chi connectivity index (χ3v) is 3.66. The monoisotopic (exact) mass is 282 g/mol. The summed E-state index contributed by atoms with van der Waals surface area (Å²) in [5.41, 5.74) is 4.04. The Balaban J connectivity index is 1.53. The SMILES string of the molecule is Cc1[nH]ncc1CCCNC(=O)c1ccc2[nH]ccc2c1. The van der Waals surface area contributed by atoms with E-state index >= 15 is 0 Å². The lowest BCUT2D eigenvalue weighted by Gasteiger charge is -2.05. The summed E-state index contributed by atoms with van der Waals surface area (Å²) < 4.78 is 0. The maximum Gasteiger partial charge on any atom is 0.251 e. The zero-order chi connectivity index (χ0) is 14.7. The molecule has 0 aliphatic carbocycles. The Labute approximate surface area is 122 Å². The molecule has 21 heavy (non-hydrogen) atoms. The number of hydrogen-bond donors (Lipinski definition) is 3. The van der Waals surface area contributed by atoms with Gasteiger partial charge in [-0.1, -0.05) is 0 Å². The number of amides is 1. The van der Waals surface area contributed by atoms with Crippen molar-refractivity contribution in [3.8, 4) is 0 Å². The van der Waals surface area contributed by atoms with Crippen LogP contribution in [0.4, 0.5) is 0 Å². The molecule has 0 aliphatic heterocycles. The number of hydrogen-bond acceptors (Lipinski definition) is 2. The normalized spacial score (nSPS) is 10.9. The van der Waals surface area contributed by atoms with E-state index in [0.717, 1.165) is 29.4 Å². The van der Waals surface area contributed by atoms with Crippen LogP contribution in [0.3, 0.4) is 0 Å². The van der Waals surface area contributed by atoms with E-state index in [9.17, 15) is 4.79 Å². The van der Waals surface area contributed by atoms with Crippen LogP contribution in [0.2, 0.25) is 0 Å². The Morgan fingerprint density at radius 2 is 2.24 bits per heavy atom. The van der Waals surface area contributed by atoms with Crippen molar-refractivity contribution in [1.82, 2.24) is 20.5 Å². The van der Waals surface area contributed by atoms with Crippen molar-refractivity contribution in [2.75, 3.05) is 6.54 Å². The van der Waals surface area contributed by atoms with Gasteiger partial charge in [-0.3, -0.25) is 9.89 Å². The Morgan fingerprint density at radius 1 is 1.33 bits per heavy atom.